The molecule has 0 bridgehead atoms. The molecule has 2 aromatic carbocycles. The molecule has 0 atom stereocenters. The minimum absolute atomic E-state index is 0.0928. The van der Waals surface area contributed by atoms with Gasteiger partial charge in [-0.1, -0.05) is 12.1 Å². The predicted molar refractivity (Wildman–Crippen MR) is 130 cm³/mol. The summed E-state index contributed by atoms with van der Waals surface area (Å²) in [5.74, 6) is 0.935. The molecule has 1 saturated heterocycles. The molecule has 1 amide bonds. The first-order valence-corrected chi connectivity index (χ1v) is 11.7. The maximum atomic E-state index is 11.6. The van der Waals surface area contributed by atoms with Gasteiger partial charge in [-0.25, -0.2) is 0 Å². The lowest BCUT2D eigenvalue weighted by Crippen LogP contribution is -2.46. The Balaban J connectivity index is 1.04. The third kappa shape index (κ3) is 4.46. The fraction of sp³-hybridized carbons (Fsp3) is 0.423. The number of aromatic nitrogens is 1. The zero-order chi connectivity index (χ0) is 21.9. The quantitative estimate of drug-likeness (QED) is 0.573. The molecule has 6 nitrogen and oxygen atoms in total. The van der Waals surface area contributed by atoms with E-state index in [1.165, 1.54) is 22.2 Å². The van der Waals surface area contributed by atoms with Gasteiger partial charge in [0.1, 0.15) is 5.75 Å². The van der Waals surface area contributed by atoms with Crippen LogP contribution in [0.15, 0.2) is 48.7 Å². The number of fused-ring (bicyclic) bond motifs is 2. The third-order valence-corrected chi connectivity index (χ3v) is 6.73. The molecule has 2 aliphatic rings. The van der Waals surface area contributed by atoms with Gasteiger partial charge in [-0.05, 0) is 55.6 Å². The van der Waals surface area contributed by atoms with Crippen molar-refractivity contribution in [3.05, 3.63) is 54.2 Å². The Morgan fingerprint density at radius 3 is 2.75 bits per heavy atom. The predicted octanol–water partition coefficient (Wildman–Crippen LogP) is 4.04. The van der Waals surface area contributed by atoms with Crippen LogP contribution < -0.4 is 15.0 Å². The number of ether oxygens (including phenoxy) is 1. The molecule has 0 spiro atoms. The summed E-state index contributed by atoms with van der Waals surface area (Å²) < 4.78 is 8.13. The van der Waals surface area contributed by atoms with Crippen LogP contribution in [-0.4, -0.2) is 54.7 Å². The van der Waals surface area contributed by atoms with Gasteiger partial charge in [0.05, 0.1) is 6.61 Å². The van der Waals surface area contributed by atoms with Crippen molar-refractivity contribution in [1.82, 2.24) is 9.47 Å². The summed E-state index contributed by atoms with van der Waals surface area (Å²) in [6.45, 7) is 6.19. The van der Waals surface area contributed by atoms with Crippen LogP contribution in [0.3, 0.4) is 0 Å². The average molecular weight is 433 g/mol. The molecule has 1 aromatic heterocycles. The molecule has 0 unspecified atom stereocenters. The van der Waals surface area contributed by atoms with Crippen LogP contribution in [-0.2, 0) is 18.3 Å². The second kappa shape index (κ2) is 9.25. The molecular formula is C26H32N4O2. The molecular weight excluding hydrogens is 400 g/mol. The molecule has 3 aromatic rings. The lowest BCUT2D eigenvalue weighted by atomic mass is 10.0. The fourth-order valence-corrected chi connectivity index (χ4v) is 4.84. The first-order valence-electron chi connectivity index (χ1n) is 11.7. The summed E-state index contributed by atoms with van der Waals surface area (Å²) in [4.78, 5) is 16.7. The van der Waals surface area contributed by atoms with Crippen molar-refractivity contribution < 1.29 is 9.53 Å². The van der Waals surface area contributed by atoms with Crippen LogP contribution in [0, 0.1) is 0 Å². The first kappa shape index (κ1) is 20.9. The Kier molecular flexibility index (Phi) is 6.04. The van der Waals surface area contributed by atoms with Crippen LogP contribution >= 0.6 is 0 Å². The Bertz CT molecular complexity index is 1100. The number of aryl methyl sites for hydroxylation is 2. The molecule has 5 rings (SSSR count). The number of rotatable bonds is 7. The van der Waals surface area contributed by atoms with Crippen molar-refractivity contribution in [1.29, 1.82) is 0 Å². The van der Waals surface area contributed by atoms with Crippen molar-refractivity contribution in [2.75, 3.05) is 49.5 Å². The molecule has 168 valence electrons. The highest BCUT2D eigenvalue weighted by molar-refractivity contribution is 5.94. The number of anilines is 2. The summed E-state index contributed by atoms with van der Waals surface area (Å²) in [5.41, 5.74) is 4.76. The van der Waals surface area contributed by atoms with Crippen LogP contribution in [0.1, 0.15) is 24.8 Å². The van der Waals surface area contributed by atoms with Crippen molar-refractivity contribution >= 4 is 28.2 Å². The molecule has 6 heteroatoms. The van der Waals surface area contributed by atoms with Crippen molar-refractivity contribution in [2.24, 2.45) is 7.05 Å². The second-order valence-electron chi connectivity index (χ2n) is 8.89. The Morgan fingerprint density at radius 1 is 1.00 bits per heavy atom. The number of hydrogen-bond acceptors (Lipinski definition) is 4. The van der Waals surface area contributed by atoms with E-state index in [1.54, 1.807) is 0 Å². The molecule has 2 aliphatic heterocycles. The number of amides is 1. The zero-order valence-electron chi connectivity index (χ0n) is 18.8. The van der Waals surface area contributed by atoms with E-state index in [4.69, 9.17) is 4.74 Å². The van der Waals surface area contributed by atoms with E-state index in [-0.39, 0.29) is 5.91 Å². The van der Waals surface area contributed by atoms with E-state index >= 15 is 0 Å². The van der Waals surface area contributed by atoms with Crippen molar-refractivity contribution in [3.63, 3.8) is 0 Å². The zero-order valence-corrected chi connectivity index (χ0v) is 18.8. The number of nitrogens with one attached hydrogen (secondary N) is 1. The van der Waals surface area contributed by atoms with Gasteiger partial charge >= 0.3 is 0 Å². The topological polar surface area (TPSA) is 49.7 Å². The molecule has 0 radical (unpaired) electrons. The van der Waals surface area contributed by atoms with E-state index in [2.05, 4.69) is 63.3 Å². The normalized spacial score (nSPS) is 16.8. The monoisotopic (exact) mass is 432 g/mol. The maximum Gasteiger partial charge on any atom is 0.224 e. The molecule has 3 heterocycles. The van der Waals surface area contributed by atoms with Gasteiger partial charge in [-0.15, -0.1) is 0 Å². The Morgan fingerprint density at radius 2 is 1.88 bits per heavy atom. The lowest BCUT2D eigenvalue weighted by molar-refractivity contribution is -0.116. The number of nitrogens with zero attached hydrogens (tertiary/aromatic N) is 3. The Labute approximate surface area is 189 Å². The summed E-state index contributed by atoms with van der Waals surface area (Å²) >= 11 is 0. The minimum Gasteiger partial charge on any atom is -0.494 e. The highest BCUT2D eigenvalue weighted by Crippen LogP contribution is 2.29. The van der Waals surface area contributed by atoms with Crippen molar-refractivity contribution in [3.8, 4) is 5.75 Å². The van der Waals surface area contributed by atoms with Gasteiger partial charge in [0.25, 0.3) is 0 Å². The molecule has 0 aliphatic carbocycles. The van der Waals surface area contributed by atoms with Crippen LogP contribution in [0.4, 0.5) is 11.4 Å². The van der Waals surface area contributed by atoms with Gasteiger partial charge in [0, 0.05) is 74.2 Å². The van der Waals surface area contributed by atoms with Gasteiger partial charge in [-0.2, -0.15) is 0 Å². The van der Waals surface area contributed by atoms with E-state index in [0.29, 0.717) is 13.0 Å². The average Bonchev–Trinajstić information content (AvgIpc) is 3.20. The van der Waals surface area contributed by atoms with Crippen LogP contribution in [0.25, 0.3) is 10.9 Å². The SMILES string of the molecule is Cn1ccc2c(N3CCN(CCCCOc4ccc5c(c4)NC(=O)CC5)CC3)cccc21. The van der Waals surface area contributed by atoms with E-state index < -0.39 is 0 Å². The number of unbranched alkanes of at least 4 members (excludes halogenated alkanes) is 1. The standard InChI is InChI=1S/C26H32N4O2/c1-28-13-11-22-24(28)5-4-6-25(22)30-16-14-29(15-17-30)12-2-3-18-32-21-9-7-20-8-10-26(31)27-23(20)19-21/h4-7,9,11,13,19H,2-3,8,10,12,14-18H2,1H3,(H,27,31). The van der Waals surface area contributed by atoms with Gasteiger partial charge in [-0.3, -0.25) is 9.69 Å². The first-order chi connectivity index (χ1) is 15.7. The lowest BCUT2D eigenvalue weighted by Gasteiger charge is -2.36. The summed E-state index contributed by atoms with van der Waals surface area (Å²) in [7, 11) is 2.11. The Hall–Kier alpha value is -2.99. The minimum atomic E-state index is 0.0928. The molecule has 1 N–H and O–H groups in total. The van der Waals surface area contributed by atoms with Gasteiger partial charge in [0.2, 0.25) is 5.91 Å². The number of hydrogen-bond donors (Lipinski definition) is 1. The van der Waals surface area contributed by atoms with Crippen LogP contribution in [0.5, 0.6) is 5.75 Å². The highest BCUT2D eigenvalue weighted by Gasteiger charge is 2.19. The van der Waals surface area contributed by atoms with Crippen LogP contribution in [0.2, 0.25) is 0 Å². The smallest absolute Gasteiger partial charge is 0.224 e. The largest absolute Gasteiger partial charge is 0.494 e. The fourth-order valence-electron chi connectivity index (χ4n) is 4.84. The molecule has 0 saturated carbocycles. The number of carbonyl (C=O) groups excluding carboxylic acids is 1. The summed E-state index contributed by atoms with van der Waals surface area (Å²) in [5, 5.41) is 4.29. The highest BCUT2D eigenvalue weighted by atomic mass is 16.5. The second-order valence-corrected chi connectivity index (χ2v) is 8.89. The van der Waals surface area contributed by atoms with Gasteiger partial charge < -0.3 is 19.5 Å². The van der Waals surface area contributed by atoms with E-state index in [0.717, 1.165) is 63.4 Å². The number of carbonyl (C=O) groups is 1. The third-order valence-electron chi connectivity index (χ3n) is 6.73. The van der Waals surface area contributed by atoms with Crippen molar-refractivity contribution in [2.45, 2.75) is 25.7 Å². The summed E-state index contributed by atoms with van der Waals surface area (Å²) in [6, 6.07) is 14.9. The summed E-state index contributed by atoms with van der Waals surface area (Å²) in [6.07, 6.45) is 5.70. The van der Waals surface area contributed by atoms with E-state index in [1.807, 2.05) is 12.1 Å². The molecule has 32 heavy (non-hydrogen) atoms. The number of piperazine rings is 1. The van der Waals surface area contributed by atoms with Gasteiger partial charge in [0.15, 0.2) is 0 Å². The molecule has 1 fully saturated rings. The number of benzene rings is 2. The maximum absolute atomic E-state index is 11.6. The van der Waals surface area contributed by atoms with E-state index in [9.17, 15) is 4.79 Å².